The molecule has 1 amide bonds. The first-order chi connectivity index (χ1) is 12.3. The van der Waals surface area contributed by atoms with Crippen LogP contribution in [0.3, 0.4) is 0 Å². The maximum Gasteiger partial charge on any atom is 0.281 e. The number of carbonyl (C=O) groups is 1. The summed E-state index contributed by atoms with van der Waals surface area (Å²) in [6.45, 7) is 0. The first kappa shape index (κ1) is 18.1. The molecule has 0 aliphatic rings. The molecule has 0 saturated heterocycles. The minimum atomic E-state index is -0.491. The fraction of sp³-hybridized carbons (Fsp3) is 0. The monoisotopic (exact) mass is 409 g/mol. The normalized spacial score (nSPS) is 11.2. The van der Waals surface area contributed by atoms with Crippen LogP contribution >= 0.6 is 34.5 Å². The summed E-state index contributed by atoms with van der Waals surface area (Å²) in [6.07, 6.45) is 1.33. The van der Waals surface area contributed by atoms with Crippen molar-refractivity contribution in [2.24, 2.45) is 5.10 Å². The number of fused-ring (bicyclic) bond motifs is 1. The topological polar surface area (TPSA) is 105 Å². The van der Waals surface area contributed by atoms with Gasteiger partial charge in [-0.3, -0.25) is 14.9 Å². The van der Waals surface area contributed by atoms with Crippen LogP contribution in [0.1, 0.15) is 15.2 Å². The van der Waals surface area contributed by atoms with Gasteiger partial charge in [0.05, 0.1) is 26.1 Å². The van der Waals surface area contributed by atoms with Crippen LogP contribution < -0.4 is 5.43 Å². The van der Waals surface area contributed by atoms with Gasteiger partial charge in [0, 0.05) is 22.2 Å². The van der Waals surface area contributed by atoms with Gasteiger partial charge in [-0.2, -0.15) is 5.10 Å². The van der Waals surface area contributed by atoms with E-state index in [0.29, 0.717) is 15.8 Å². The summed E-state index contributed by atoms with van der Waals surface area (Å²) in [5.41, 5.74) is 2.81. The predicted molar refractivity (Wildman–Crippen MR) is 102 cm³/mol. The number of nitrogens with zero attached hydrogens (tertiary/aromatic N) is 2. The maximum atomic E-state index is 12.2. The third-order valence-corrected chi connectivity index (χ3v) is 5.04. The zero-order valence-corrected chi connectivity index (χ0v) is 15.1. The van der Waals surface area contributed by atoms with Crippen LogP contribution in [-0.2, 0) is 0 Å². The molecule has 0 unspecified atom stereocenters. The van der Waals surface area contributed by atoms with Crippen molar-refractivity contribution in [2.75, 3.05) is 0 Å². The number of aromatic hydroxyl groups is 1. The number of nitro benzene ring substituents is 1. The Morgan fingerprint density at radius 2 is 1.92 bits per heavy atom. The van der Waals surface area contributed by atoms with Gasteiger partial charge in [-0.25, -0.2) is 5.43 Å². The van der Waals surface area contributed by atoms with Crippen molar-refractivity contribution in [3.8, 4) is 5.75 Å². The highest BCUT2D eigenvalue weighted by Gasteiger charge is 2.13. The number of hydrazone groups is 1. The minimum Gasteiger partial charge on any atom is -0.505 e. The summed E-state index contributed by atoms with van der Waals surface area (Å²) >= 11 is 12.8. The predicted octanol–water partition coefficient (Wildman–Crippen LogP) is 4.59. The fourth-order valence-electron chi connectivity index (χ4n) is 2.14. The van der Waals surface area contributed by atoms with Gasteiger partial charge in [-0.15, -0.1) is 11.3 Å². The van der Waals surface area contributed by atoms with Gasteiger partial charge in [-0.05, 0) is 29.8 Å². The van der Waals surface area contributed by atoms with Gasteiger partial charge >= 0.3 is 0 Å². The lowest BCUT2D eigenvalue weighted by atomic mass is 10.2. The summed E-state index contributed by atoms with van der Waals surface area (Å²) in [5, 5.41) is 24.9. The molecular weight excluding hydrogens is 401 g/mol. The summed E-state index contributed by atoms with van der Waals surface area (Å²) < 4.78 is 0.752. The smallest absolute Gasteiger partial charge is 0.281 e. The number of amides is 1. The Bertz CT molecular complexity index is 1040. The zero-order valence-electron chi connectivity index (χ0n) is 12.8. The number of thiophene rings is 1. The second-order valence-corrected chi connectivity index (χ2v) is 7.02. The molecule has 3 rings (SSSR count). The highest BCUT2D eigenvalue weighted by Crippen LogP contribution is 2.32. The number of carbonyl (C=O) groups excluding carboxylic acids is 1. The van der Waals surface area contributed by atoms with Crippen molar-refractivity contribution < 1.29 is 14.8 Å². The summed E-state index contributed by atoms with van der Waals surface area (Å²) in [4.78, 5) is 22.8. The van der Waals surface area contributed by atoms with Gasteiger partial charge < -0.3 is 5.11 Å². The van der Waals surface area contributed by atoms with Crippen LogP contribution in [0.2, 0.25) is 10.0 Å². The molecule has 0 saturated carbocycles. The molecule has 10 heteroatoms. The number of benzene rings is 2. The van der Waals surface area contributed by atoms with E-state index in [4.69, 9.17) is 23.2 Å². The molecule has 2 N–H and O–H groups in total. The molecule has 3 aromatic rings. The van der Waals surface area contributed by atoms with Crippen LogP contribution in [0.25, 0.3) is 10.1 Å². The van der Waals surface area contributed by atoms with E-state index in [1.165, 1.54) is 41.8 Å². The average Bonchev–Trinajstić information content (AvgIpc) is 3.02. The first-order valence-corrected chi connectivity index (χ1v) is 8.62. The molecule has 0 radical (unpaired) electrons. The van der Waals surface area contributed by atoms with E-state index in [1.807, 2.05) is 0 Å². The van der Waals surface area contributed by atoms with E-state index in [1.54, 1.807) is 12.1 Å². The van der Waals surface area contributed by atoms with Crippen LogP contribution in [-0.4, -0.2) is 22.2 Å². The average molecular weight is 410 g/mol. The molecule has 0 aliphatic carbocycles. The van der Waals surface area contributed by atoms with E-state index in [2.05, 4.69) is 10.5 Å². The number of halogens is 2. The molecule has 0 spiro atoms. The molecule has 2 aromatic carbocycles. The molecule has 132 valence electrons. The number of nitro groups is 1. The Hall–Kier alpha value is -2.68. The van der Waals surface area contributed by atoms with E-state index < -0.39 is 10.8 Å². The number of hydrogen-bond donors (Lipinski definition) is 2. The van der Waals surface area contributed by atoms with Gasteiger partial charge in [-0.1, -0.05) is 23.2 Å². The molecule has 1 heterocycles. The molecule has 0 atom stereocenters. The van der Waals surface area contributed by atoms with Crippen LogP contribution in [0, 0.1) is 10.1 Å². The van der Waals surface area contributed by atoms with Crippen molar-refractivity contribution in [1.82, 2.24) is 5.43 Å². The number of phenols is 1. The largest absolute Gasteiger partial charge is 0.505 e. The molecule has 1 aromatic heterocycles. The molecule has 7 nitrogen and oxygen atoms in total. The van der Waals surface area contributed by atoms with Crippen molar-refractivity contribution >= 4 is 62.4 Å². The van der Waals surface area contributed by atoms with Crippen LogP contribution in [0.5, 0.6) is 5.75 Å². The van der Waals surface area contributed by atoms with E-state index in [-0.39, 0.29) is 21.5 Å². The standard InChI is InChI=1S/C16H9Cl2N3O4S/c17-11-3-8(4-12(18)15(11)22)7-19-20-16(23)14-6-9-5-10(21(24)25)1-2-13(9)26-14/h1-7,22H,(H,20,23)/b19-7-. The summed E-state index contributed by atoms with van der Waals surface area (Å²) in [7, 11) is 0. The molecule has 0 bridgehead atoms. The lowest BCUT2D eigenvalue weighted by molar-refractivity contribution is -0.384. The number of nitrogens with one attached hydrogen (secondary N) is 1. The Labute approximate surface area is 160 Å². The Kier molecular flexibility index (Phi) is 5.08. The highest BCUT2D eigenvalue weighted by atomic mass is 35.5. The lowest BCUT2D eigenvalue weighted by Gasteiger charge is -2.01. The second kappa shape index (κ2) is 7.28. The van der Waals surface area contributed by atoms with Crippen molar-refractivity contribution in [3.63, 3.8) is 0 Å². The number of hydrogen-bond acceptors (Lipinski definition) is 6. The van der Waals surface area contributed by atoms with Gasteiger partial charge in [0.15, 0.2) is 5.75 Å². The summed E-state index contributed by atoms with van der Waals surface area (Å²) in [5.74, 6) is -0.685. The molecule has 26 heavy (non-hydrogen) atoms. The lowest BCUT2D eigenvalue weighted by Crippen LogP contribution is -2.16. The van der Waals surface area contributed by atoms with Crippen molar-refractivity contribution in [2.45, 2.75) is 0 Å². The first-order valence-electron chi connectivity index (χ1n) is 7.04. The van der Waals surface area contributed by atoms with Crippen molar-refractivity contribution in [1.29, 1.82) is 0 Å². The van der Waals surface area contributed by atoms with E-state index in [0.717, 1.165) is 4.70 Å². The van der Waals surface area contributed by atoms with Gasteiger partial charge in [0.2, 0.25) is 0 Å². The SMILES string of the molecule is O=C(N/N=C\c1cc(Cl)c(O)c(Cl)c1)c1cc2cc([N+](=O)[O-])ccc2s1. The van der Waals surface area contributed by atoms with Crippen LogP contribution in [0.15, 0.2) is 41.5 Å². The highest BCUT2D eigenvalue weighted by molar-refractivity contribution is 7.20. The minimum absolute atomic E-state index is 0.0404. The quantitative estimate of drug-likeness (QED) is 0.373. The van der Waals surface area contributed by atoms with Gasteiger partial charge in [0.1, 0.15) is 0 Å². The van der Waals surface area contributed by atoms with Gasteiger partial charge in [0.25, 0.3) is 11.6 Å². The number of rotatable bonds is 4. The Balaban J connectivity index is 1.76. The second-order valence-electron chi connectivity index (χ2n) is 5.12. The van der Waals surface area contributed by atoms with Crippen LogP contribution in [0.4, 0.5) is 5.69 Å². The zero-order chi connectivity index (χ0) is 18.8. The third kappa shape index (κ3) is 3.77. The Morgan fingerprint density at radius 1 is 1.23 bits per heavy atom. The molecule has 0 aliphatic heterocycles. The number of non-ortho nitro benzene ring substituents is 1. The molecule has 0 fully saturated rings. The van der Waals surface area contributed by atoms with Crippen molar-refractivity contribution in [3.05, 3.63) is 67.0 Å². The number of phenolic OH excluding ortho intramolecular Hbond substituents is 1. The Morgan fingerprint density at radius 3 is 2.58 bits per heavy atom. The van der Waals surface area contributed by atoms with E-state index in [9.17, 15) is 20.0 Å². The fourth-order valence-corrected chi connectivity index (χ4v) is 3.57. The molecular formula is C16H9Cl2N3O4S. The third-order valence-electron chi connectivity index (χ3n) is 3.35. The summed E-state index contributed by atoms with van der Waals surface area (Å²) in [6, 6.07) is 8.84. The van der Waals surface area contributed by atoms with E-state index >= 15 is 0 Å². The maximum absolute atomic E-state index is 12.2.